The minimum atomic E-state index is 0.255. The number of phenolic OH excluding ortho intramolecular Hbond substituents is 1. The number of aromatic nitrogens is 2. The standard InChI is InChI=1S/C21H17N3O/c1-14-5-9-16(10-6-14)23-21-19-4-2-3-18(20(19)13-22-24-21)15-7-11-17(25)12-8-15/h2-13,25H,1H3,(H,23,24). The summed E-state index contributed by atoms with van der Waals surface area (Å²) >= 11 is 0. The molecule has 1 aromatic heterocycles. The van der Waals surface area contributed by atoms with Crippen molar-refractivity contribution in [3.05, 3.63) is 78.5 Å². The molecule has 0 unspecified atom stereocenters. The van der Waals surface area contributed by atoms with Crippen molar-refractivity contribution in [2.45, 2.75) is 6.92 Å². The van der Waals surface area contributed by atoms with Crippen molar-refractivity contribution in [3.63, 3.8) is 0 Å². The fourth-order valence-electron chi connectivity index (χ4n) is 2.87. The number of anilines is 2. The van der Waals surface area contributed by atoms with E-state index in [4.69, 9.17) is 0 Å². The molecule has 4 nitrogen and oxygen atoms in total. The Hall–Kier alpha value is -3.40. The van der Waals surface area contributed by atoms with E-state index in [1.807, 2.05) is 42.5 Å². The van der Waals surface area contributed by atoms with Gasteiger partial charge in [0.2, 0.25) is 0 Å². The summed E-state index contributed by atoms with van der Waals surface area (Å²) in [5.41, 5.74) is 4.27. The van der Waals surface area contributed by atoms with Gasteiger partial charge in [0.1, 0.15) is 5.75 Å². The molecule has 0 fully saturated rings. The molecule has 4 rings (SSSR count). The third kappa shape index (κ3) is 3.02. The summed E-state index contributed by atoms with van der Waals surface area (Å²) in [4.78, 5) is 0. The molecule has 0 aliphatic rings. The van der Waals surface area contributed by atoms with Crippen LogP contribution in [-0.2, 0) is 0 Å². The summed E-state index contributed by atoms with van der Waals surface area (Å²) < 4.78 is 0. The number of rotatable bonds is 3. The first-order valence-corrected chi connectivity index (χ1v) is 8.08. The number of hydrogen-bond donors (Lipinski definition) is 2. The van der Waals surface area contributed by atoms with Gasteiger partial charge in [-0.15, -0.1) is 5.10 Å². The van der Waals surface area contributed by atoms with Crippen LogP contribution in [0.15, 0.2) is 72.9 Å². The van der Waals surface area contributed by atoms with Crippen LogP contribution in [-0.4, -0.2) is 15.3 Å². The van der Waals surface area contributed by atoms with E-state index in [-0.39, 0.29) is 5.75 Å². The molecule has 0 spiro atoms. The van der Waals surface area contributed by atoms with Crippen molar-refractivity contribution in [2.24, 2.45) is 0 Å². The van der Waals surface area contributed by atoms with E-state index < -0.39 is 0 Å². The summed E-state index contributed by atoms with van der Waals surface area (Å²) in [7, 11) is 0. The highest BCUT2D eigenvalue weighted by Crippen LogP contribution is 2.32. The van der Waals surface area contributed by atoms with Crippen LogP contribution < -0.4 is 5.32 Å². The number of hydrogen-bond acceptors (Lipinski definition) is 4. The lowest BCUT2D eigenvalue weighted by Gasteiger charge is -2.11. The summed E-state index contributed by atoms with van der Waals surface area (Å²) in [6.45, 7) is 2.06. The Bertz CT molecular complexity index is 1030. The molecule has 0 atom stereocenters. The van der Waals surface area contributed by atoms with Crippen LogP contribution >= 0.6 is 0 Å². The summed E-state index contributed by atoms with van der Waals surface area (Å²) in [5, 5.41) is 23.3. The van der Waals surface area contributed by atoms with Crippen LogP contribution in [0.5, 0.6) is 5.75 Å². The highest BCUT2D eigenvalue weighted by atomic mass is 16.3. The number of fused-ring (bicyclic) bond motifs is 1. The van der Waals surface area contributed by atoms with Crippen molar-refractivity contribution in [1.82, 2.24) is 10.2 Å². The monoisotopic (exact) mass is 327 g/mol. The van der Waals surface area contributed by atoms with E-state index in [0.717, 1.165) is 33.4 Å². The highest BCUT2D eigenvalue weighted by molar-refractivity contribution is 6.01. The lowest BCUT2D eigenvalue weighted by Crippen LogP contribution is -1.97. The molecule has 0 amide bonds. The van der Waals surface area contributed by atoms with E-state index in [2.05, 4.69) is 34.6 Å². The number of nitrogens with zero attached hydrogens (tertiary/aromatic N) is 2. The largest absolute Gasteiger partial charge is 0.508 e. The molecule has 0 aliphatic carbocycles. The second-order valence-electron chi connectivity index (χ2n) is 6.00. The second kappa shape index (κ2) is 6.24. The van der Waals surface area contributed by atoms with Gasteiger partial charge in [0.15, 0.2) is 5.82 Å². The zero-order valence-corrected chi connectivity index (χ0v) is 13.8. The Morgan fingerprint density at radius 1 is 0.840 bits per heavy atom. The number of benzene rings is 3. The van der Waals surface area contributed by atoms with Gasteiger partial charge in [0.25, 0.3) is 0 Å². The molecule has 3 aromatic carbocycles. The molecule has 25 heavy (non-hydrogen) atoms. The Kier molecular flexibility index (Phi) is 3.78. The second-order valence-corrected chi connectivity index (χ2v) is 6.00. The SMILES string of the molecule is Cc1ccc(Nc2nncc3c(-c4ccc(O)cc4)cccc23)cc1. The number of phenols is 1. The number of aromatic hydroxyl groups is 1. The first kappa shape index (κ1) is 15.1. The van der Waals surface area contributed by atoms with Gasteiger partial charge in [-0.25, -0.2) is 0 Å². The first-order chi connectivity index (χ1) is 12.2. The maximum absolute atomic E-state index is 9.51. The molecule has 0 aliphatic heterocycles. The van der Waals surface area contributed by atoms with Crippen LogP contribution in [0.2, 0.25) is 0 Å². The normalized spacial score (nSPS) is 10.8. The predicted molar refractivity (Wildman–Crippen MR) is 101 cm³/mol. The maximum atomic E-state index is 9.51. The molecule has 2 N–H and O–H groups in total. The number of nitrogens with one attached hydrogen (secondary N) is 1. The molecule has 0 saturated heterocycles. The fourth-order valence-corrected chi connectivity index (χ4v) is 2.87. The van der Waals surface area contributed by atoms with Gasteiger partial charge in [-0.3, -0.25) is 0 Å². The maximum Gasteiger partial charge on any atom is 0.160 e. The predicted octanol–water partition coefficient (Wildman–Crippen LogP) is 5.05. The van der Waals surface area contributed by atoms with Gasteiger partial charge < -0.3 is 10.4 Å². The molecule has 4 aromatic rings. The van der Waals surface area contributed by atoms with Crippen molar-refractivity contribution < 1.29 is 5.11 Å². The molecule has 4 heteroatoms. The minimum absolute atomic E-state index is 0.255. The average Bonchev–Trinajstić information content (AvgIpc) is 2.64. The van der Waals surface area contributed by atoms with E-state index in [0.29, 0.717) is 0 Å². The van der Waals surface area contributed by atoms with Crippen LogP contribution in [0.1, 0.15) is 5.56 Å². The molecule has 0 bridgehead atoms. The van der Waals surface area contributed by atoms with E-state index >= 15 is 0 Å². The lowest BCUT2D eigenvalue weighted by molar-refractivity contribution is 0.475. The highest BCUT2D eigenvalue weighted by Gasteiger charge is 2.09. The Labute approximate surface area is 145 Å². The fraction of sp³-hybridized carbons (Fsp3) is 0.0476. The van der Waals surface area contributed by atoms with E-state index in [1.54, 1.807) is 18.3 Å². The van der Waals surface area contributed by atoms with Crippen LogP contribution in [0.4, 0.5) is 11.5 Å². The van der Waals surface area contributed by atoms with Gasteiger partial charge in [0, 0.05) is 16.5 Å². The molecule has 0 saturated carbocycles. The zero-order valence-electron chi connectivity index (χ0n) is 13.8. The first-order valence-electron chi connectivity index (χ1n) is 8.08. The zero-order chi connectivity index (χ0) is 17.2. The smallest absolute Gasteiger partial charge is 0.160 e. The molecular formula is C21H17N3O. The molecule has 0 radical (unpaired) electrons. The van der Waals surface area contributed by atoms with E-state index in [9.17, 15) is 5.11 Å². The van der Waals surface area contributed by atoms with Gasteiger partial charge in [-0.1, -0.05) is 48.0 Å². The summed E-state index contributed by atoms with van der Waals surface area (Å²) in [6, 6.07) is 21.4. The van der Waals surface area contributed by atoms with Crippen LogP contribution in [0.3, 0.4) is 0 Å². The third-order valence-electron chi connectivity index (χ3n) is 4.20. The van der Waals surface area contributed by atoms with Crippen LogP contribution in [0.25, 0.3) is 21.9 Å². The van der Waals surface area contributed by atoms with Crippen molar-refractivity contribution in [3.8, 4) is 16.9 Å². The minimum Gasteiger partial charge on any atom is -0.508 e. The van der Waals surface area contributed by atoms with Gasteiger partial charge >= 0.3 is 0 Å². The molecule has 1 heterocycles. The molecule has 122 valence electrons. The van der Waals surface area contributed by atoms with Crippen molar-refractivity contribution in [1.29, 1.82) is 0 Å². The van der Waals surface area contributed by atoms with E-state index in [1.165, 1.54) is 5.56 Å². The Morgan fingerprint density at radius 2 is 1.60 bits per heavy atom. The van der Waals surface area contributed by atoms with Crippen molar-refractivity contribution in [2.75, 3.05) is 5.32 Å². The number of aryl methyl sites for hydroxylation is 1. The van der Waals surface area contributed by atoms with Crippen LogP contribution in [0, 0.1) is 6.92 Å². The third-order valence-corrected chi connectivity index (χ3v) is 4.20. The quantitative estimate of drug-likeness (QED) is 0.552. The molecular weight excluding hydrogens is 310 g/mol. The summed E-state index contributed by atoms with van der Waals surface area (Å²) in [5.74, 6) is 0.979. The topological polar surface area (TPSA) is 58.0 Å². The Morgan fingerprint density at radius 3 is 2.36 bits per heavy atom. The average molecular weight is 327 g/mol. The Balaban J connectivity index is 1.81. The summed E-state index contributed by atoms with van der Waals surface area (Å²) in [6.07, 6.45) is 1.78. The lowest BCUT2D eigenvalue weighted by atomic mass is 10.00. The van der Waals surface area contributed by atoms with Gasteiger partial charge in [0.05, 0.1) is 6.20 Å². The van der Waals surface area contributed by atoms with Crippen molar-refractivity contribution >= 4 is 22.3 Å². The van der Waals surface area contributed by atoms with Gasteiger partial charge in [-0.2, -0.15) is 5.10 Å². The van der Waals surface area contributed by atoms with Gasteiger partial charge in [-0.05, 0) is 42.3 Å².